The van der Waals surface area contributed by atoms with Gasteiger partial charge in [0, 0.05) is 5.92 Å². The number of aldehydes is 1. The quantitative estimate of drug-likeness (QED) is 0.471. The van der Waals surface area contributed by atoms with Gasteiger partial charge in [-0.15, -0.1) is 0 Å². The Hall–Kier alpha value is -0.330. The molecule has 0 bridgehead atoms. The molecule has 1 saturated carbocycles. The van der Waals surface area contributed by atoms with Gasteiger partial charge in [0.05, 0.1) is 0 Å². The highest BCUT2D eigenvalue weighted by Crippen LogP contribution is 2.28. The Morgan fingerprint density at radius 3 is 2.50 bits per heavy atom. The second kappa shape index (κ2) is 2.29. The fourth-order valence-corrected chi connectivity index (χ4v) is 1.37. The zero-order chi connectivity index (χ0) is 5.98. The highest BCUT2D eigenvalue weighted by molar-refractivity contribution is 5.53. The Labute approximate surface area is 50.1 Å². The average molecular weight is 112 g/mol. The van der Waals surface area contributed by atoms with Gasteiger partial charge < -0.3 is 4.79 Å². The zero-order valence-electron chi connectivity index (χ0n) is 5.26. The normalized spacial score (nSPS) is 37.6. The van der Waals surface area contributed by atoms with Crippen LogP contribution >= 0.6 is 0 Å². The van der Waals surface area contributed by atoms with E-state index in [0.717, 1.165) is 25.0 Å². The minimum Gasteiger partial charge on any atom is -0.303 e. The van der Waals surface area contributed by atoms with Gasteiger partial charge in [0.1, 0.15) is 6.29 Å². The van der Waals surface area contributed by atoms with E-state index in [1.165, 1.54) is 6.42 Å². The Morgan fingerprint density at radius 1 is 1.50 bits per heavy atom. The minimum atomic E-state index is 0.394. The first kappa shape index (κ1) is 5.80. The van der Waals surface area contributed by atoms with E-state index in [0.29, 0.717) is 5.92 Å². The maximum Gasteiger partial charge on any atom is 0.123 e. The largest absolute Gasteiger partial charge is 0.303 e. The Morgan fingerprint density at radius 2 is 2.25 bits per heavy atom. The van der Waals surface area contributed by atoms with Crippen LogP contribution in [0, 0.1) is 11.8 Å². The van der Waals surface area contributed by atoms with E-state index < -0.39 is 0 Å². The molecule has 46 valence electrons. The zero-order valence-corrected chi connectivity index (χ0v) is 5.26. The molecule has 0 aromatic heterocycles. The molecule has 8 heavy (non-hydrogen) atoms. The van der Waals surface area contributed by atoms with Crippen molar-refractivity contribution in [3.63, 3.8) is 0 Å². The molecule has 1 aliphatic carbocycles. The standard InChI is InChI=1S/C7H12O/c1-6-2-3-7(4-6)5-8/h5-7H,2-4H2,1H3/t6-,7+/m1/s1. The maximum atomic E-state index is 10.2. The lowest BCUT2D eigenvalue weighted by Crippen LogP contribution is -1.93. The van der Waals surface area contributed by atoms with Gasteiger partial charge in [-0.2, -0.15) is 0 Å². The van der Waals surface area contributed by atoms with Crippen molar-refractivity contribution >= 4 is 6.29 Å². The van der Waals surface area contributed by atoms with Crippen LogP contribution in [0.1, 0.15) is 26.2 Å². The van der Waals surface area contributed by atoms with Crippen molar-refractivity contribution in [2.75, 3.05) is 0 Å². The smallest absolute Gasteiger partial charge is 0.123 e. The van der Waals surface area contributed by atoms with Crippen LogP contribution in [0.4, 0.5) is 0 Å². The molecule has 1 aliphatic rings. The molecule has 0 aromatic rings. The number of carbonyl (C=O) groups is 1. The number of carbonyl (C=O) groups excluding carboxylic acids is 1. The molecular weight excluding hydrogens is 100 g/mol. The Bertz CT molecular complexity index is 88.4. The van der Waals surface area contributed by atoms with Crippen LogP contribution in [0.2, 0.25) is 0 Å². The fraction of sp³-hybridized carbons (Fsp3) is 0.857. The lowest BCUT2D eigenvalue weighted by Gasteiger charge is -1.95. The molecule has 0 spiro atoms. The van der Waals surface area contributed by atoms with Gasteiger partial charge in [0.15, 0.2) is 0 Å². The first-order valence-electron chi connectivity index (χ1n) is 3.28. The predicted octanol–water partition coefficient (Wildman–Crippen LogP) is 1.62. The third-order valence-electron chi connectivity index (χ3n) is 1.93. The molecule has 1 fully saturated rings. The summed E-state index contributed by atoms with van der Waals surface area (Å²) in [6.45, 7) is 2.21. The second-order valence-electron chi connectivity index (χ2n) is 2.81. The molecule has 0 saturated heterocycles. The van der Waals surface area contributed by atoms with Gasteiger partial charge in [-0.3, -0.25) is 0 Å². The summed E-state index contributed by atoms with van der Waals surface area (Å²) >= 11 is 0. The summed E-state index contributed by atoms with van der Waals surface area (Å²) in [6.07, 6.45) is 4.61. The van der Waals surface area contributed by atoms with E-state index in [9.17, 15) is 4.79 Å². The average Bonchev–Trinajstić information content (AvgIpc) is 2.14. The molecular formula is C7H12O. The summed E-state index contributed by atoms with van der Waals surface area (Å²) in [4.78, 5) is 10.2. The minimum absolute atomic E-state index is 0.394. The number of hydrogen-bond acceptors (Lipinski definition) is 1. The van der Waals surface area contributed by atoms with Gasteiger partial charge in [-0.1, -0.05) is 13.3 Å². The van der Waals surface area contributed by atoms with E-state index >= 15 is 0 Å². The molecule has 2 atom stereocenters. The molecule has 0 N–H and O–H groups in total. The number of rotatable bonds is 1. The van der Waals surface area contributed by atoms with Gasteiger partial charge in [0.2, 0.25) is 0 Å². The van der Waals surface area contributed by atoms with Crippen LogP contribution in [-0.4, -0.2) is 6.29 Å². The third-order valence-corrected chi connectivity index (χ3v) is 1.93. The van der Waals surface area contributed by atoms with Crippen LogP contribution in [0.3, 0.4) is 0 Å². The summed E-state index contributed by atoms with van der Waals surface area (Å²) < 4.78 is 0. The van der Waals surface area contributed by atoms with Crippen molar-refractivity contribution < 1.29 is 4.79 Å². The van der Waals surface area contributed by atoms with Crippen molar-refractivity contribution in [2.24, 2.45) is 11.8 Å². The molecule has 0 heterocycles. The summed E-state index contributed by atoms with van der Waals surface area (Å²) in [6, 6.07) is 0. The van der Waals surface area contributed by atoms with Crippen LogP contribution in [0.15, 0.2) is 0 Å². The summed E-state index contributed by atoms with van der Waals surface area (Å²) in [5, 5.41) is 0. The number of hydrogen-bond donors (Lipinski definition) is 0. The highest BCUT2D eigenvalue weighted by atomic mass is 16.1. The predicted molar refractivity (Wildman–Crippen MR) is 32.6 cm³/mol. The molecule has 0 aliphatic heterocycles. The molecule has 0 amide bonds. The van der Waals surface area contributed by atoms with Crippen molar-refractivity contribution in [3.05, 3.63) is 0 Å². The molecule has 1 rings (SSSR count). The van der Waals surface area contributed by atoms with Crippen LogP contribution < -0.4 is 0 Å². The summed E-state index contributed by atoms with van der Waals surface area (Å²) in [5.74, 6) is 1.19. The molecule has 1 nitrogen and oxygen atoms in total. The topological polar surface area (TPSA) is 17.1 Å². The second-order valence-corrected chi connectivity index (χ2v) is 2.81. The van der Waals surface area contributed by atoms with E-state index in [2.05, 4.69) is 6.92 Å². The van der Waals surface area contributed by atoms with Crippen molar-refractivity contribution in [1.29, 1.82) is 0 Å². The van der Waals surface area contributed by atoms with Crippen molar-refractivity contribution in [2.45, 2.75) is 26.2 Å². The third kappa shape index (κ3) is 1.09. The van der Waals surface area contributed by atoms with E-state index in [1.54, 1.807) is 0 Å². The molecule has 1 heteroatoms. The summed E-state index contributed by atoms with van der Waals surface area (Å²) in [7, 11) is 0. The SMILES string of the molecule is C[C@@H]1CC[C@H](C=O)C1. The van der Waals surface area contributed by atoms with Crippen molar-refractivity contribution in [1.82, 2.24) is 0 Å². The van der Waals surface area contributed by atoms with Crippen molar-refractivity contribution in [3.8, 4) is 0 Å². The lowest BCUT2D eigenvalue weighted by molar-refractivity contribution is -0.110. The first-order valence-corrected chi connectivity index (χ1v) is 3.28. The molecule has 0 unspecified atom stereocenters. The highest BCUT2D eigenvalue weighted by Gasteiger charge is 2.19. The van der Waals surface area contributed by atoms with E-state index in [-0.39, 0.29) is 0 Å². The first-order chi connectivity index (χ1) is 3.83. The Kier molecular flexibility index (Phi) is 1.66. The fourth-order valence-electron chi connectivity index (χ4n) is 1.37. The monoisotopic (exact) mass is 112 g/mol. The van der Waals surface area contributed by atoms with Gasteiger partial charge in [-0.05, 0) is 18.8 Å². The van der Waals surface area contributed by atoms with Gasteiger partial charge in [0.25, 0.3) is 0 Å². The lowest BCUT2D eigenvalue weighted by atomic mass is 10.1. The van der Waals surface area contributed by atoms with Crippen LogP contribution in [0.25, 0.3) is 0 Å². The van der Waals surface area contributed by atoms with Crippen LogP contribution in [-0.2, 0) is 4.79 Å². The van der Waals surface area contributed by atoms with Gasteiger partial charge in [-0.25, -0.2) is 0 Å². The maximum absolute atomic E-state index is 10.2. The van der Waals surface area contributed by atoms with Crippen LogP contribution in [0.5, 0.6) is 0 Å². The molecule has 0 aromatic carbocycles. The van der Waals surface area contributed by atoms with Gasteiger partial charge >= 0.3 is 0 Å². The van der Waals surface area contributed by atoms with E-state index in [1.807, 2.05) is 0 Å². The summed E-state index contributed by atoms with van der Waals surface area (Å²) in [5.41, 5.74) is 0. The van der Waals surface area contributed by atoms with E-state index in [4.69, 9.17) is 0 Å². The molecule has 0 radical (unpaired) electrons. The Balaban J connectivity index is 2.32.